The minimum Gasteiger partial charge on any atom is -0.478 e. The van der Waals surface area contributed by atoms with Gasteiger partial charge in [0.05, 0.1) is 31.4 Å². The number of alkyl halides is 2. The van der Waals surface area contributed by atoms with Crippen molar-refractivity contribution in [1.29, 1.82) is 0 Å². The van der Waals surface area contributed by atoms with Gasteiger partial charge in [-0.15, -0.1) is 0 Å². The Morgan fingerprint density at radius 1 is 0.446 bits per heavy atom. The predicted molar refractivity (Wildman–Crippen MR) is 223 cm³/mol. The van der Waals surface area contributed by atoms with Crippen molar-refractivity contribution in [3.05, 3.63) is 191 Å². The van der Waals surface area contributed by atoms with Gasteiger partial charge in [-0.2, -0.15) is 0 Å². The number of benzene rings is 6. The minimum absolute atomic E-state index is 0.140. The summed E-state index contributed by atoms with van der Waals surface area (Å²) in [7, 11) is 0. The van der Waals surface area contributed by atoms with Crippen LogP contribution in [0.5, 0.6) is 0 Å². The first-order chi connectivity index (χ1) is 26.8. The average Bonchev–Trinajstić information content (AvgIpc) is 3.21. The van der Waals surface area contributed by atoms with Crippen LogP contribution < -0.4 is 0 Å². The van der Waals surface area contributed by atoms with Crippen LogP contribution in [-0.2, 0) is 4.32 Å². The summed E-state index contributed by atoms with van der Waals surface area (Å²) >= 11 is 8.07. The zero-order valence-electron chi connectivity index (χ0n) is 29.2. The van der Waals surface area contributed by atoms with E-state index in [4.69, 9.17) is 0 Å². The molecule has 2 unspecified atom stereocenters. The van der Waals surface area contributed by atoms with Gasteiger partial charge in [0, 0.05) is 0 Å². The Morgan fingerprint density at radius 3 is 1.23 bits per heavy atom. The second-order valence-corrected chi connectivity index (χ2v) is 15.4. The first-order valence-electron chi connectivity index (χ1n) is 17.2. The number of allylic oxidation sites excluding steroid dienone is 4. The molecule has 0 amide bonds. The molecular formula is C46H30Br2O8. The van der Waals surface area contributed by atoms with E-state index in [-0.39, 0.29) is 27.1 Å². The highest BCUT2D eigenvalue weighted by Gasteiger charge is 2.38. The van der Waals surface area contributed by atoms with Gasteiger partial charge in [0.2, 0.25) is 0 Å². The van der Waals surface area contributed by atoms with Crippen LogP contribution in [0.2, 0.25) is 0 Å². The standard InChI is InChI=1S/C46H30Br2O8/c47-41-24-40(34-3-1-2-33(20-34)26-4-10-29(11-5-26)42(49)50)46(48,38-18-16-32(17-19-38)45(55)56)25-39(41)37-22-35(27-6-12-30(13-7-27)43(51)52)21-36(23-37)28-8-14-31(15-9-28)44(53)54/h1-25,41H,(H,49,50)(H,51,52)(H,53,54)(H,55,56). The molecule has 8 nitrogen and oxygen atoms in total. The van der Waals surface area contributed by atoms with Gasteiger partial charge >= 0.3 is 23.9 Å². The van der Waals surface area contributed by atoms with Gasteiger partial charge in [0.1, 0.15) is 0 Å². The molecule has 0 aromatic heterocycles. The molecular weight excluding hydrogens is 840 g/mol. The fourth-order valence-electron chi connectivity index (χ4n) is 6.78. The Balaban J connectivity index is 1.39. The fourth-order valence-corrected chi connectivity index (χ4v) is 8.31. The molecule has 4 N–H and O–H groups in total. The number of carbonyl (C=O) groups is 4. The molecule has 7 rings (SSSR count). The van der Waals surface area contributed by atoms with E-state index in [1.807, 2.05) is 42.5 Å². The molecule has 56 heavy (non-hydrogen) atoms. The Kier molecular flexibility index (Phi) is 10.4. The van der Waals surface area contributed by atoms with Crippen LogP contribution in [0.25, 0.3) is 44.5 Å². The van der Waals surface area contributed by atoms with Crippen LogP contribution in [0.15, 0.2) is 152 Å². The van der Waals surface area contributed by atoms with Crippen LogP contribution in [0.3, 0.4) is 0 Å². The molecule has 0 saturated carbocycles. The normalized spacial score (nSPS) is 16.4. The van der Waals surface area contributed by atoms with Crippen LogP contribution in [0, 0.1) is 0 Å². The van der Waals surface area contributed by atoms with E-state index in [2.05, 4.69) is 44.0 Å². The van der Waals surface area contributed by atoms with E-state index in [0.717, 1.165) is 61.2 Å². The van der Waals surface area contributed by atoms with Crippen molar-refractivity contribution in [3.8, 4) is 33.4 Å². The van der Waals surface area contributed by atoms with Gasteiger partial charge in [-0.05, 0) is 134 Å². The predicted octanol–water partition coefficient (Wildman–Crippen LogP) is 11.0. The lowest BCUT2D eigenvalue weighted by atomic mass is 9.78. The highest BCUT2D eigenvalue weighted by molar-refractivity contribution is 9.10. The highest BCUT2D eigenvalue weighted by Crippen LogP contribution is 2.52. The topological polar surface area (TPSA) is 149 Å². The SMILES string of the molecule is O=C(O)c1ccc(-c2cccc(C3=CC(Br)C(c4cc(-c5ccc(C(=O)O)cc5)cc(-c5ccc(C(=O)O)cc5)c4)=CC3(Br)c3ccc(C(=O)O)cc3)c2)cc1. The third kappa shape index (κ3) is 7.62. The average molecular weight is 871 g/mol. The Morgan fingerprint density at radius 2 is 0.804 bits per heavy atom. The number of rotatable bonds is 10. The maximum absolute atomic E-state index is 11.8. The second-order valence-electron chi connectivity index (χ2n) is 13.2. The molecule has 6 aromatic rings. The van der Waals surface area contributed by atoms with Crippen LogP contribution in [0.4, 0.5) is 0 Å². The van der Waals surface area contributed by atoms with Crippen molar-refractivity contribution in [2.45, 2.75) is 9.15 Å². The van der Waals surface area contributed by atoms with Gasteiger partial charge in [0.15, 0.2) is 0 Å². The van der Waals surface area contributed by atoms with Crippen LogP contribution in [0.1, 0.15) is 58.1 Å². The molecule has 0 bridgehead atoms. The largest absolute Gasteiger partial charge is 0.478 e. The molecule has 0 aliphatic heterocycles. The summed E-state index contributed by atoms with van der Waals surface area (Å²) in [4.78, 5) is 46.3. The quantitative estimate of drug-likeness (QED) is 0.0994. The number of aromatic carboxylic acids is 4. The van der Waals surface area contributed by atoms with Crippen molar-refractivity contribution in [2.24, 2.45) is 0 Å². The summed E-state index contributed by atoms with van der Waals surface area (Å²) < 4.78 is -0.974. The van der Waals surface area contributed by atoms with Gasteiger partial charge in [-0.1, -0.05) is 111 Å². The molecule has 276 valence electrons. The molecule has 0 spiro atoms. The van der Waals surface area contributed by atoms with E-state index in [1.54, 1.807) is 97.1 Å². The Bertz CT molecular complexity index is 2520. The molecule has 6 aromatic carbocycles. The van der Waals surface area contributed by atoms with Crippen molar-refractivity contribution in [3.63, 3.8) is 0 Å². The number of hydrogen-bond donors (Lipinski definition) is 4. The molecule has 1 aliphatic rings. The fraction of sp³-hybridized carbons (Fsp3) is 0.0435. The third-order valence-corrected chi connectivity index (χ3v) is 11.6. The summed E-state index contributed by atoms with van der Waals surface area (Å²) in [5, 5.41) is 38.1. The smallest absolute Gasteiger partial charge is 0.335 e. The third-order valence-electron chi connectivity index (χ3n) is 9.74. The zero-order valence-corrected chi connectivity index (χ0v) is 32.4. The van der Waals surface area contributed by atoms with E-state index < -0.39 is 28.2 Å². The summed E-state index contributed by atoms with van der Waals surface area (Å²) in [6.07, 6.45) is 4.19. The number of hydrogen-bond acceptors (Lipinski definition) is 4. The highest BCUT2D eigenvalue weighted by atomic mass is 79.9. The maximum atomic E-state index is 11.8. The lowest BCUT2D eigenvalue weighted by Gasteiger charge is -2.35. The summed E-state index contributed by atoms with van der Waals surface area (Å²) in [5.74, 6) is -4.12. The maximum Gasteiger partial charge on any atom is 0.335 e. The molecule has 0 saturated heterocycles. The molecule has 1 aliphatic carbocycles. The van der Waals surface area contributed by atoms with Gasteiger partial charge in [-0.3, -0.25) is 0 Å². The molecule has 0 radical (unpaired) electrons. The second kappa shape index (κ2) is 15.4. The van der Waals surface area contributed by atoms with E-state index in [9.17, 15) is 39.6 Å². The molecule has 10 heteroatoms. The Labute approximate surface area is 338 Å². The summed E-state index contributed by atoms with van der Waals surface area (Å²) in [5.41, 5.74) is 9.73. The van der Waals surface area contributed by atoms with Crippen molar-refractivity contribution < 1.29 is 39.6 Å². The Hall–Kier alpha value is -6.36. The summed E-state index contributed by atoms with van der Waals surface area (Å²) in [6, 6.07) is 40.5. The number of carboxylic acids is 4. The van der Waals surface area contributed by atoms with Gasteiger partial charge < -0.3 is 20.4 Å². The van der Waals surface area contributed by atoms with E-state index in [0.29, 0.717) is 0 Å². The van der Waals surface area contributed by atoms with Crippen molar-refractivity contribution in [2.75, 3.05) is 0 Å². The van der Waals surface area contributed by atoms with Crippen molar-refractivity contribution in [1.82, 2.24) is 0 Å². The summed E-state index contributed by atoms with van der Waals surface area (Å²) in [6.45, 7) is 0. The van der Waals surface area contributed by atoms with Crippen LogP contribution >= 0.6 is 31.9 Å². The van der Waals surface area contributed by atoms with E-state index in [1.165, 1.54) is 0 Å². The minimum atomic E-state index is -1.05. The van der Waals surface area contributed by atoms with Gasteiger partial charge in [0.25, 0.3) is 0 Å². The number of carboxylic acid groups (broad SMARTS) is 4. The first-order valence-corrected chi connectivity index (χ1v) is 18.9. The number of halogens is 2. The lowest BCUT2D eigenvalue weighted by molar-refractivity contribution is 0.0686. The monoisotopic (exact) mass is 868 g/mol. The van der Waals surface area contributed by atoms with Gasteiger partial charge in [-0.25, -0.2) is 19.2 Å². The molecule has 0 heterocycles. The molecule has 0 fully saturated rings. The first kappa shape index (κ1) is 37.9. The lowest BCUT2D eigenvalue weighted by Crippen LogP contribution is -2.24. The molecule has 2 atom stereocenters. The van der Waals surface area contributed by atoms with Crippen molar-refractivity contribution >= 4 is 66.9 Å². The van der Waals surface area contributed by atoms with Crippen LogP contribution in [-0.4, -0.2) is 49.1 Å². The zero-order chi connectivity index (χ0) is 39.7. The van der Waals surface area contributed by atoms with E-state index >= 15 is 0 Å².